The van der Waals surface area contributed by atoms with Crippen molar-refractivity contribution in [3.05, 3.63) is 35.4 Å². The summed E-state index contributed by atoms with van der Waals surface area (Å²) in [7, 11) is 0. The van der Waals surface area contributed by atoms with Gasteiger partial charge in [-0.2, -0.15) is 19.7 Å². The summed E-state index contributed by atoms with van der Waals surface area (Å²) >= 11 is 0. The number of hydrogen-bond donors (Lipinski definition) is 1. The first kappa shape index (κ1) is 17.6. The molecule has 0 aliphatic carbocycles. The van der Waals surface area contributed by atoms with Gasteiger partial charge in [0, 0.05) is 42.2 Å². The second-order valence-corrected chi connectivity index (χ2v) is 8.32. The molecule has 1 aliphatic heterocycles. The molecule has 3 aromatic rings. The van der Waals surface area contributed by atoms with E-state index in [4.69, 9.17) is 0 Å². The number of aromatic nitrogens is 6. The fraction of sp³-hybridized carbons (Fsp3) is 0.526. The van der Waals surface area contributed by atoms with Crippen molar-refractivity contribution in [2.75, 3.05) is 29.9 Å². The van der Waals surface area contributed by atoms with Crippen molar-refractivity contribution in [3.8, 4) is 0 Å². The van der Waals surface area contributed by atoms with Gasteiger partial charge in [-0.15, -0.1) is 5.10 Å². The molecule has 4 rings (SSSR count). The van der Waals surface area contributed by atoms with E-state index in [0.29, 0.717) is 11.7 Å². The van der Waals surface area contributed by atoms with E-state index in [1.807, 2.05) is 6.92 Å². The molecule has 1 fully saturated rings. The normalized spacial score (nSPS) is 15.2. The summed E-state index contributed by atoms with van der Waals surface area (Å²) in [4.78, 5) is 10.9. The zero-order valence-electron chi connectivity index (χ0n) is 16.6. The van der Waals surface area contributed by atoms with Crippen LogP contribution in [0.5, 0.6) is 0 Å². The molecular weight excluding hydrogens is 340 g/mol. The Hall–Kier alpha value is -2.77. The Bertz CT molecular complexity index is 948. The minimum Gasteiger partial charge on any atom is -0.369 e. The van der Waals surface area contributed by atoms with Gasteiger partial charge in [0.15, 0.2) is 5.82 Å². The van der Waals surface area contributed by atoms with Gasteiger partial charge in [-0.3, -0.25) is 0 Å². The number of rotatable bonds is 4. The van der Waals surface area contributed by atoms with E-state index in [0.717, 1.165) is 48.2 Å². The highest BCUT2D eigenvalue weighted by Crippen LogP contribution is 2.26. The molecular formula is C19H26N8. The minimum atomic E-state index is 0.0279. The number of anilines is 2. The van der Waals surface area contributed by atoms with Crippen LogP contribution in [0.3, 0.4) is 0 Å². The maximum Gasteiger partial charge on any atom is 0.254 e. The Kier molecular flexibility index (Phi) is 4.20. The van der Waals surface area contributed by atoms with Gasteiger partial charge in [-0.25, -0.2) is 4.98 Å². The molecule has 27 heavy (non-hydrogen) atoms. The zero-order valence-corrected chi connectivity index (χ0v) is 16.6. The van der Waals surface area contributed by atoms with Gasteiger partial charge < -0.3 is 10.2 Å². The third kappa shape index (κ3) is 3.31. The Morgan fingerprint density at radius 3 is 2.59 bits per heavy atom. The molecule has 0 atom stereocenters. The van der Waals surface area contributed by atoms with E-state index in [2.05, 4.69) is 75.3 Å². The Labute approximate surface area is 159 Å². The van der Waals surface area contributed by atoms with E-state index in [-0.39, 0.29) is 5.41 Å². The lowest BCUT2D eigenvalue weighted by Gasteiger charge is -2.40. The van der Waals surface area contributed by atoms with Crippen molar-refractivity contribution in [1.29, 1.82) is 0 Å². The lowest BCUT2D eigenvalue weighted by atomic mass is 9.92. The van der Waals surface area contributed by atoms with Crippen LogP contribution < -0.4 is 10.2 Å². The maximum absolute atomic E-state index is 4.46. The molecule has 1 saturated heterocycles. The summed E-state index contributed by atoms with van der Waals surface area (Å²) in [5, 5.41) is 16.6. The van der Waals surface area contributed by atoms with Crippen LogP contribution in [0.4, 0.5) is 11.6 Å². The predicted molar refractivity (Wildman–Crippen MR) is 105 cm³/mol. The van der Waals surface area contributed by atoms with Crippen LogP contribution >= 0.6 is 0 Å². The number of nitrogens with one attached hydrogen (secondary N) is 1. The summed E-state index contributed by atoms with van der Waals surface area (Å²) in [6.45, 7) is 13.3. The van der Waals surface area contributed by atoms with Gasteiger partial charge in [0.2, 0.25) is 0 Å². The van der Waals surface area contributed by atoms with E-state index in [1.54, 1.807) is 4.52 Å². The van der Waals surface area contributed by atoms with Crippen LogP contribution in [0, 0.1) is 19.8 Å². The van der Waals surface area contributed by atoms with E-state index >= 15 is 0 Å². The van der Waals surface area contributed by atoms with Gasteiger partial charge in [0.25, 0.3) is 5.78 Å². The highest BCUT2D eigenvalue weighted by Gasteiger charge is 2.28. The van der Waals surface area contributed by atoms with Crippen molar-refractivity contribution in [1.82, 2.24) is 29.8 Å². The number of nitrogens with zero attached hydrogens (tertiary/aromatic N) is 7. The van der Waals surface area contributed by atoms with E-state index in [9.17, 15) is 0 Å². The number of fused-ring (bicyclic) bond motifs is 1. The van der Waals surface area contributed by atoms with Gasteiger partial charge >= 0.3 is 0 Å². The Balaban J connectivity index is 1.38. The molecule has 0 aromatic carbocycles. The smallest absolute Gasteiger partial charge is 0.254 e. The fourth-order valence-electron chi connectivity index (χ4n) is 3.26. The second kappa shape index (κ2) is 6.44. The third-order valence-corrected chi connectivity index (χ3v) is 5.17. The maximum atomic E-state index is 4.46. The lowest BCUT2D eigenvalue weighted by Crippen LogP contribution is -2.50. The monoisotopic (exact) mass is 366 g/mol. The zero-order chi connectivity index (χ0) is 19.2. The van der Waals surface area contributed by atoms with E-state index < -0.39 is 0 Å². The van der Waals surface area contributed by atoms with E-state index in [1.165, 1.54) is 6.33 Å². The van der Waals surface area contributed by atoms with Crippen LogP contribution in [0.25, 0.3) is 5.78 Å². The molecule has 0 spiro atoms. The summed E-state index contributed by atoms with van der Waals surface area (Å²) in [5.41, 5.74) is 3.13. The van der Waals surface area contributed by atoms with Crippen molar-refractivity contribution >= 4 is 17.4 Å². The molecule has 0 amide bonds. The molecule has 1 aliphatic rings. The molecule has 8 heteroatoms. The van der Waals surface area contributed by atoms with Gasteiger partial charge in [0.05, 0.1) is 5.69 Å². The lowest BCUT2D eigenvalue weighted by molar-refractivity contribution is 0.423. The third-order valence-electron chi connectivity index (χ3n) is 5.17. The Morgan fingerprint density at radius 2 is 1.93 bits per heavy atom. The first-order valence-electron chi connectivity index (χ1n) is 9.33. The summed E-state index contributed by atoms with van der Waals surface area (Å²) in [5.74, 6) is 3.11. The van der Waals surface area contributed by atoms with Crippen molar-refractivity contribution in [2.45, 2.75) is 40.0 Å². The van der Waals surface area contributed by atoms with Gasteiger partial charge in [-0.1, -0.05) is 20.8 Å². The molecule has 0 saturated carbocycles. The topological polar surface area (TPSA) is 84.1 Å². The average molecular weight is 366 g/mol. The molecule has 142 valence electrons. The molecule has 1 N–H and O–H groups in total. The summed E-state index contributed by atoms with van der Waals surface area (Å²) < 4.78 is 1.77. The van der Waals surface area contributed by atoms with Crippen LogP contribution in [-0.4, -0.2) is 49.4 Å². The minimum absolute atomic E-state index is 0.0279. The highest BCUT2D eigenvalue weighted by molar-refractivity contribution is 5.52. The SMILES string of the molecule is Cc1nc2ncnn2c(NCC2CN(c3ccc(C(C)(C)C)nn3)C2)c1C. The van der Waals surface area contributed by atoms with Gasteiger partial charge in [0.1, 0.15) is 12.1 Å². The molecule has 4 heterocycles. The number of hydrogen-bond acceptors (Lipinski definition) is 7. The van der Waals surface area contributed by atoms with Crippen LogP contribution in [-0.2, 0) is 5.41 Å². The highest BCUT2D eigenvalue weighted by atomic mass is 15.4. The average Bonchev–Trinajstić information content (AvgIpc) is 3.04. The molecule has 0 unspecified atom stereocenters. The molecule has 8 nitrogen and oxygen atoms in total. The quantitative estimate of drug-likeness (QED) is 0.759. The summed E-state index contributed by atoms with van der Waals surface area (Å²) in [6.07, 6.45) is 1.54. The van der Waals surface area contributed by atoms with Crippen LogP contribution in [0.15, 0.2) is 18.5 Å². The standard InChI is InChI=1S/C19H26N8/c1-12-13(2)23-18-21-11-22-27(18)17(12)20-8-14-9-26(10-14)16-7-6-15(24-25-16)19(3,4)5/h6-7,11,14,20H,8-10H2,1-5H3. The Morgan fingerprint density at radius 1 is 1.15 bits per heavy atom. The van der Waals surface area contributed by atoms with Crippen molar-refractivity contribution < 1.29 is 0 Å². The van der Waals surface area contributed by atoms with Crippen LogP contribution in [0.2, 0.25) is 0 Å². The number of aryl methyl sites for hydroxylation is 1. The second-order valence-electron chi connectivity index (χ2n) is 8.32. The fourth-order valence-corrected chi connectivity index (χ4v) is 3.26. The predicted octanol–water partition coefficient (Wildman–Crippen LogP) is 2.38. The first-order chi connectivity index (χ1) is 12.8. The molecule has 0 radical (unpaired) electrons. The summed E-state index contributed by atoms with van der Waals surface area (Å²) in [6, 6.07) is 4.16. The van der Waals surface area contributed by atoms with Crippen molar-refractivity contribution in [3.63, 3.8) is 0 Å². The first-order valence-corrected chi connectivity index (χ1v) is 9.33. The molecule has 3 aromatic heterocycles. The van der Waals surface area contributed by atoms with Crippen LogP contribution in [0.1, 0.15) is 37.7 Å². The molecule has 0 bridgehead atoms. The van der Waals surface area contributed by atoms with Crippen molar-refractivity contribution in [2.24, 2.45) is 5.92 Å². The van der Waals surface area contributed by atoms with Gasteiger partial charge in [-0.05, 0) is 26.0 Å². The largest absolute Gasteiger partial charge is 0.369 e.